The first-order valence-electron chi connectivity index (χ1n) is 7.77. The van der Waals surface area contributed by atoms with Crippen molar-refractivity contribution in [1.82, 2.24) is 4.31 Å². The van der Waals surface area contributed by atoms with E-state index in [1.165, 1.54) is 10.4 Å². The van der Waals surface area contributed by atoms with Crippen LogP contribution >= 0.6 is 0 Å². The van der Waals surface area contributed by atoms with Gasteiger partial charge in [-0.2, -0.15) is 4.31 Å². The molecule has 0 radical (unpaired) electrons. The Morgan fingerprint density at radius 3 is 2.43 bits per heavy atom. The van der Waals surface area contributed by atoms with E-state index in [2.05, 4.69) is 0 Å². The zero-order chi connectivity index (χ0) is 16.8. The van der Waals surface area contributed by atoms with Gasteiger partial charge in [0.1, 0.15) is 16.4 Å². The predicted molar refractivity (Wildman–Crippen MR) is 83.6 cm³/mol. The Kier molecular flexibility index (Phi) is 3.88. The molecule has 1 aromatic heterocycles. The van der Waals surface area contributed by atoms with E-state index >= 15 is 0 Å². The highest BCUT2D eigenvalue weighted by Gasteiger charge is 2.48. The van der Waals surface area contributed by atoms with E-state index in [0.29, 0.717) is 37.3 Å². The summed E-state index contributed by atoms with van der Waals surface area (Å²) < 4.78 is 32.1. The van der Waals surface area contributed by atoms with Crippen molar-refractivity contribution in [2.45, 2.75) is 44.4 Å². The van der Waals surface area contributed by atoms with E-state index in [4.69, 9.17) is 4.42 Å². The largest absolute Gasteiger partial charge is 0.481 e. The van der Waals surface area contributed by atoms with Crippen LogP contribution in [0, 0.1) is 19.3 Å². The van der Waals surface area contributed by atoms with Crippen LogP contribution in [-0.2, 0) is 14.8 Å². The molecule has 1 saturated carbocycles. The summed E-state index contributed by atoms with van der Waals surface area (Å²) in [6.45, 7) is 3.88. The molecule has 0 aromatic carbocycles. The van der Waals surface area contributed by atoms with Gasteiger partial charge in [-0.1, -0.05) is 18.1 Å². The second kappa shape index (κ2) is 5.49. The minimum atomic E-state index is -3.60. The van der Waals surface area contributed by atoms with Gasteiger partial charge in [0.25, 0.3) is 0 Å². The van der Waals surface area contributed by atoms with E-state index in [1.54, 1.807) is 19.9 Å². The number of nitrogens with zero attached hydrogens (tertiary/aromatic N) is 1. The van der Waals surface area contributed by atoms with Gasteiger partial charge in [0.05, 0.1) is 5.41 Å². The van der Waals surface area contributed by atoms with Crippen molar-refractivity contribution in [2.75, 3.05) is 13.1 Å². The molecule has 1 aromatic rings. The molecule has 0 amide bonds. The van der Waals surface area contributed by atoms with Gasteiger partial charge in [-0.05, 0) is 39.2 Å². The fraction of sp³-hybridized carbons (Fsp3) is 0.562. The number of hydrogen-bond donors (Lipinski definition) is 1. The van der Waals surface area contributed by atoms with Crippen LogP contribution in [0.5, 0.6) is 0 Å². The Labute approximate surface area is 135 Å². The van der Waals surface area contributed by atoms with Gasteiger partial charge in [-0.15, -0.1) is 0 Å². The van der Waals surface area contributed by atoms with Crippen LogP contribution in [0.3, 0.4) is 0 Å². The molecule has 126 valence electrons. The lowest BCUT2D eigenvalue weighted by molar-refractivity contribution is -0.151. The zero-order valence-electron chi connectivity index (χ0n) is 13.3. The number of carboxylic acids is 1. The lowest BCUT2D eigenvalue weighted by atomic mass is 9.63. The van der Waals surface area contributed by atoms with Gasteiger partial charge in [0.2, 0.25) is 10.0 Å². The first-order valence-corrected chi connectivity index (χ1v) is 9.21. The van der Waals surface area contributed by atoms with Crippen LogP contribution in [0.15, 0.2) is 27.0 Å². The molecule has 2 aliphatic rings. The van der Waals surface area contributed by atoms with Crippen LogP contribution in [0.25, 0.3) is 0 Å². The van der Waals surface area contributed by atoms with Crippen molar-refractivity contribution in [1.29, 1.82) is 0 Å². The molecule has 7 heteroatoms. The molecule has 0 unspecified atom stereocenters. The highest BCUT2D eigenvalue weighted by molar-refractivity contribution is 7.89. The molecule has 0 saturated heterocycles. The molecule has 0 spiro atoms. The number of furan rings is 1. The number of sulfonamides is 1. The molecule has 3 rings (SSSR count). The normalized spacial score (nSPS) is 21.6. The maximum atomic E-state index is 12.7. The molecule has 6 nitrogen and oxygen atoms in total. The molecule has 1 aliphatic carbocycles. The average Bonchev–Trinajstić information content (AvgIpc) is 2.77. The minimum absolute atomic E-state index is 0.198. The van der Waals surface area contributed by atoms with Crippen molar-refractivity contribution < 1.29 is 22.7 Å². The summed E-state index contributed by atoms with van der Waals surface area (Å²) in [5.74, 6) is 0.166. The SMILES string of the molecule is Cc1cc(S(=O)(=O)N2CC=C(C3(C(=O)O)CCC3)CC2)c(C)o1. The fourth-order valence-corrected chi connectivity index (χ4v) is 5.11. The molecule has 0 atom stereocenters. The first-order chi connectivity index (χ1) is 10.8. The molecule has 1 fully saturated rings. The van der Waals surface area contributed by atoms with Crippen LogP contribution < -0.4 is 0 Å². The van der Waals surface area contributed by atoms with E-state index < -0.39 is 21.4 Å². The van der Waals surface area contributed by atoms with Crippen molar-refractivity contribution >= 4 is 16.0 Å². The number of aliphatic carboxylic acids is 1. The summed E-state index contributed by atoms with van der Waals surface area (Å²) in [6.07, 6.45) is 4.49. The smallest absolute Gasteiger partial charge is 0.313 e. The molecule has 1 N–H and O–H groups in total. The maximum Gasteiger partial charge on any atom is 0.313 e. The number of rotatable bonds is 4. The topological polar surface area (TPSA) is 87.8 Å². The third kappa shape index (κ3) is 2.52. The third-order valence-corrected chi connectivity index (χ3v) is 6.99. The van der Waals surface area contributed by atoms with Gasteiger partial charge < -0.3 is 9.52 Å². The molecule has 2 heterocycles. The Morgan fingerprint density at radius 2 is 2.04 bits per heavy atom. The Bertz CT molecular complexity index is 770. The van der Waals surface area contributed by atoms with E-state index in [1.807, 2.05) is 0 Å². The van der Waals surface area contributed by atoms with Gasteiger partial charge in [0, 0.05) is 13.1 Å². The fourth-order valence-electron chi connectivity index (χ4n) is 3.51. The second-order valence-corrected chi connectivity index (χ2v) is 8.27. The number of carbonyl (C=O) groups is 1. The lowest BCUT2D eigenvalue weighted by Gasteiger charge is -2.42. The maximum absolute atomic E-state index is 12.7. The van der Waals surface area contributed by atoms with Gasteiger partial charge in [-0.3, -0.25) is 4.79 Å². The summed E-state index contributed by atoms with van der Waals surface area (Å²) in [5, 5.41) is 9.49. The standard InChI is InChI=1S/C16H21NO5S/c1-11-10-14(12(2)22-11)23(20,21)17-8-4-13(5-9-17)16(15(18)19)6-3-7-16/h4,10H,3,5-9H2,1-2H3,(H,18,19). The number of carboxylic acid groups (broad SMARTS) is 1. The highest BCUT2D eigenvalue weighted by atomic mass is 32.2. The van der Waals surface area contributed by atoms with Crippen LogP contribution in [0.4, 0.5) is 0 Å². The molecule has 0 bridgehead atoms. The first kappa shape index (κ1) is 16.3. The van der Waals surface area contributed by atoms with E-state index in [9.17, 15) is 18.3 Å². The van der Waals surface area contributed by atoms with Gasteiger partial charge >= 0.3 is 5.97 Å². The molecule has 23 heavy (non-hydrogen) atoms. The van der Waals surface area contributed by atoms with Gasteiger partial charge in [0.15, 0.2) is 0 Å². The summed E-state index contributed by atoms with van der Waals surface area (Å²) in [4.78, 5) is 11.8. The summed E-state index contributed by atoms with van der Waals surface area (Å²) in [7, 11) is -3.60. The minimum Gasteiger partial charge on any atom is -0.481 e. The zero-order valence-corrected chi connectivity index (χ0v) is 14.1. The number of aryl methyl sites for hydroxylation is 2. The average molecular weight is 339 g/mol. The predicted octanol–water partition coefficient (Wildman–Crippen LogP) is 2.47. The summed E-state index contributed by atoms with van der Waals surface area (Å²) in [5.41, 5.74) is 0.126. The van der Waals surface area contributed by atoms with Crippen molar-refractivity contribution in [3.05, 3.63) is 29.2 Å². The van der Waals surface area contributed by atoms with Crippen LogP contribution in [-0.4, -0.2) is 36.9 Å². The van der Waals surface area contributed by atoms with Crippen LogP contribution in [0.2, 0.25) is 0 Å². The highest BCUT2D eigenvalue weighted by Crippen LogP contribution is 2.49. The Balaban J connectivity index is 1.83. The molecular weight excluding hydrogens is 318 g/mol. The van der Waals surface area contributed by atoms with Gasteiger partial charge in [-0.25, -0.2) is 8.42 Å². The quantitative estimate of drug-likeness (QED) is 0.852. The van der Waals surface area contributed by atoms with Crippen molar-refractivity contribution in [3.8, 4) is 0 Å². The summed E-state index contributed by atoms with van der Waals surface area (Å²) in [6, 6.07) is 1.54. The van der Waals surface area contributed by atoms with E-state index in [-0.39, 0.29) is 11.4 Å². The third-order valence-electron chi connectivity index (χ3n) is 5.02. The summed E-state index contributed by atoms with van der Waals surface area (Å²) >= 11 is 0. The molecule has 1 aliphatic heterocycles. The van der Waals surface area contributed by atoms with E-state index in [0.717, 1.165) is 12.0 Å². The van der Waals surface area contributed by atoms with Crippen LogP contribution in [0.1, 0.15) is 37.2 Å². The number of hydrogen-bond acceptors (Lipinski definition) is 4. The van der Waals surface area contributed by atoms with Crippen molar-refractivity contribution in [3.63, 3.8) is 0 Å². The van der Waals surface area contributed by atoms with Crippen molar-refractivity contribution in [2.24, 2.45) is 5.41 Å². The second-order valence-electron chi connectivity index (χ2n) is 6.36. The lowest BCUT2D eigenvalue weighted by Crippen LogP contribution is -2.44. The molecular formula is C16H21NO5S. The Morgan fingerprint density at radius 1 is 1.35 bits per heavy atom. The Hall–Kier alpha value is -1.60. The monoisotopic (exact) mass is 339 g/mol.